The molecule has 7 heteroatoms. The van der Waals surface area contributed by atoms with Crippen molar-refractivity contribution in [2.45, 2.75) is 19.4 Å². The molecule has 0 saturated heterocycles. The highest BCUT2D eigenvalue weighted by Gasteiger charge is 2.26. The molecule has 1 aliphatic rings. The predicted molar refractivity (Wildman–Crippen MR) is 89.5 cm³/mol. The third-order valence-electron chi connectivity index (χ3n) is 3.93. The van der Waals surface area contributed by atoms with E-state index in [1.165, 1.54) is 21.8 Å². The van der Waals surface area contributed by atoms with Crippen LogP contribution in [0.2, 0.25) is 0 Å². The fourth-order valence-corrected chi connectivity index (χ4v) is 4.50. The second-order valence-corrected chi connectivity index (χ2v) is 7.19. The van der Waals surface area contributed by atoms with Crippen molar-refractivity contribution in [3.8, 4) is 0 Å². The van der Waals surface area contributed by atoms with Crippen LogP contribution >= 0.6 is 22.7 Å². The summed E-state index contributed by atoms with van der Waals surface area (Å²) in [6.07, 6.45) is 0.982. The van der Waals surface area contributed by atoms with E-state index in [0.29, 0.717) is 17.1 Å². The first-order valence-electron chi connectivity index (χ1n) is 7.03. The molecule has 0 bridgehead atoms. The summed E-state index contributed by atoms with van der Waals surface area (Å²) in [6, 6.07) is 4.00. The lowest BCUT2D eigenvalue weighted by Gasteiger charge is -2.32. The minimum Gasteiger partial charge on any atom is -0.366 e. The number of carbonyl (C=O) groups excluding carboxylic acids is 2. The van der Waals surface area contributed by atoms with Crippen molar-refractivity contribution in [2.75, 3.05) is 18.4 Å². The van der Waals surface area contributed by atoms with Crippen LogP contribution < -0.4 is 11.1 Å². The predicted octanol–water partition coefficient (Wildman–Crippen LogP) is 2.47. The SMILES string of the molecule is C[C@@H]1c2ccsc2CCN1CC(=O)Nc1sccc1C(N)=O. The Morgan fingerprint density at radius 3 is 2.91 bits per heavy atom. The molecule has 3 heterocycles. The molecule has 1 aliphatic heterocycles. The lowest BCUT2D eigenvalue weighted by Crippen LogP contribution is -2.39. The minimum absolute atomic E-state index is 0.115. The number of amides is 2. The maximum Gasteiger partial charge on any atom is 0.251 e. The first kappa shape index (κ1) is 15.2. The van der Waals surface area contributed by atoms with Gasteiger partial charge in [0.15, 0.2) is 0 Å². The Labute approximate surface area is 136 Å². The highest BCUT2D eigenvalue weighted by Crippen LogP contribution is 2.32. The average Bonchev–Trinajstić information content (AvgIpc) is 3.10. The lowest BCUT2D eigenvalue weighted by atomic mass is 10.0. The zero-order chi connectivity index (χ0) is 15.7. The maximum atomic E-state index is 12.3. The van der Waals surface area contributed by atoms with Gasteiger partial charge in [0.25, 0.3) is 5.91 Å². The van der Waals surface area contributed by atoms with Crippen LogP contribution in [0.25, 0.3) is 0 Å². The van der Waals surface area contributed by atoms with Gasteiger partial charge in [-0.15, -0.1) is 22.7 Å². The first-order valence-corrected chi connectivity index (χ1v) is 8.79. The fraction of sp³-hybridized carbons (Fsp3) is 0.333. The van der Waals surface area contributed by atoms with Crippen LogP contribution in [0.15, 0.2) is 22.9 Å². The largest absolute Gasteiger partial charge is 0.366 e. The van der Waals surface area contributed by atoms with Gasteiger partial charge in [-0.05, 0) is 41.8 Å². The second kappa shape index (κ2) is 6.20. The molecule has 2 aromatic rings. The van der Waals surface area contributed by atoms with Gasteiger partial charge in [0.2, 0.25) is 5.91 Å². The van der Waals surface area contributed by atoms with Gasteiger partial charge in [0, 0.05) is 17.5 Å². The van der Waals surface area contributed by atoms with E-state index in [9.17, 15) is 9.59 Å². The van der Waals surface area contributed by atoms with E-state index < -0.39 is 5.91 Å². The molecule has 5 nitrogen and oxygen atoms in total. The first-order chi connectivity index (χ1) is 10.6. The summed E-state index contributed by atoms with van der Waals surface area (Å²) in [6.45, 7) is 3.31. The van der Waals surface area contributed by atoms with E-state index in [2.05, 4.69) is 28.6 Å². The zero-order valence-electron chi connectivity index (χ0n) is 12.2. The third kappa shape index (κ3) is 2.92. The summed E-state index contributed by atoms with van der Waals surface area (Å²) in [5, 5.41) is 7.18. The summed E-state index contributed by atoms with van der Waals surface area (Å²) >= 11 is 3.09. The molecule has 0 unspecified atom stereocenters. The molecule has 0 saturated carbocycles. The summed E-state index contributed by atoms with van der Waals surface area (Å²) in [4.78, 5) is 27.1. The quantitative estimate of drug-likeness (QED) is 0.901. The monoisotopic (exact) mass is 335 g/mol. The van der Waals surface area contributed by atoms with Gasteiger partial charge in [0.1, 0.15) is 5.00 Å². The molecule has 116 valence electrons. The van der Waals surface area contributed by atoms with Crippen molar-refractivity contribution in [2.24, 2.45) is 5.73 Å². The Kier molecular flexibility index (Phi) is 4.28. The number of carbonyl (C=O) groups is 2. The average molecular weight is 335 g/mol. The number of nitrogens with two attached hydrogens (primary N) is 1. The molecule has 0 radical (unpaired) electrons. The van der Waals surface area contributed by atoms with E-state index in [1.807, 2.05) is 0 Å². The van der Waals surface area contributed by atoms with Gasteiger partial charge < -0.3 is 11.1 Å². The Hall–Kier alpha value is -1.70. The van der Waals surface area contributed by atoms with Crippen LogP contribution in [0.1, 0.15) is 33.8 Å². The molecule has 2 amide bonds. The van der Waals surface area contributed by atoms with Crippen LogP contribution in [0.3, 0.4) is 0 Å². The molecule has 3 rings (SSSR count). The van der Waals surface area contributed by atoms with Gasteiger partial charge in [0.05, 0.1) is 12.1 Å². The molecule has 0 fully saturated rings. The lowest BCUT2D eigenvalue weighted by molar-refractivity contribution is -0.117. The molecule has 0 spiro atoms. The molecule has 3 N–H and O–H groups in total. The summed E-state index contributed by atoms with van der Waals surface area (Å²) in [5.41, 5.74) is 6.97. The summed E-state index contributed by atoms with van der Waals surface area (Å²) in [7, 11) is 0. The van der Waals surface area contributed by atoms with E-state index >= 15 is 0 Å². The minimum atomic E-state index is -0.522. The van der Waals surface area contributed by atoms with Crippen molar-refractivity contribution in [3.63, 3.8) is 0 Å². The highest BCUT2D eigenvalue weighted by atomic mass is 32.1. The van der Waals surface area contributed by atoms with Crippen molar-refractivity contribution in [3.05, 3.63) is 38.9 Å². The number of thiophene rings is 2. The van der Waals surface area contributed by atoms with E-state index in [0.717, 1.165) is 13.0 Å². The Morgan fingerprint density at radius 2 is 2.14 bits per heavy atom. The van der Waals surface area contributed by atoms with Crippen molar-refractivity contribution in [1.82, 2.24) is 4.90 Å². The Morgan fingerprint density at radius 1 is 1.36 bits per heavy atom. The summed E-state index contributed by atoms with van der Waals surface area (Å²) < 4.78 is 0. The number of nitrogens with one attached hydrogen (secondary N) is 1. The molecule has 22 heavy (non-hydrogen) atoms. The smallest absolute Gasteiger partial charge is 0.251 e. The number of fused-ring (bicyclic) bond motifs is 1. The van der Waals surface area contributed by atoms with Gasteiger partial charge in [-0.25, -0.2) is 0 Å². The van der Waals surface area contributed by atoms with Crippen molar-refractivity contribution in [1.29, 1.82) is 0 Å². The van der Waals surface area contributed by atoms with Gasteiger partial charge in [-0.3, -0.25) is 14.5 Å². The zero-order valence-corrected chi connectivity index (χ0v) is 13.8. The van der Waals surface area contributed by atoms with Crippen LogP contribution in [-0.2, 0) is 11.2 Å². The van der Waals surface area contributed by atoms with Crippen LogP contribution in [0.5, 0.6) is 0 Å². The number of hydrogen-bond acceptors (Lipinski definition) is 5. The number of nitrogens with zero attached hydrogens (tertiary/aromatic N) is 1. The van der Waals surface area contributed by atoms with E-state index in [1.54, 1.807) is 22.8 Å². The van der Waals surface area contributed by atoms with Gasteiger partial charge in [-0.1, -0.05) is 0 Å². The Balaban J connectivity index is 1.65. The molecule has 1 atom stereocenters. The topological polar surface area (TPSA) is 75.4 Å². The number of anilines is 1. The molecule has 0 aliphatic carbocycles. The second-order valence-electron chi connectivity index (χ2n) is 5.27. The molecule has 2 aromatic heterocycles. The van der Waals surface area contributed by atoms with Crippen molar-refractivity contribution < 1.29 is 9.59 Å². The number of hydrogen-bond donors (Lipinski definition) is 2. The third-order valence-corrected chi connectivity index (χ3v) is 5.76. The van der Waals surface area contributed by atoms with Gasteiger partial charge in [-0.2, -0.15) is 0 Å². The van der Waals surface area contributed by atoms with Crippen LogP contribution in [0, 0.1) is 0 Å². The standard InChI is InChI=1S/C15H17N3O2S2/c1-9-10-3-6-21-12(10)2-5-18(9)8-13(19)17-15-11(14(16)20)4-7-22-15/h3-4,6-7,9H,2,5,8H2,1H3,(H2,16,20)(H,17,19)/t9-/m1/s1. The number of primary amides is 1. The van der Waals surface area contributed by atoms with Crippen molar-refractivity contribution >= 4 is 39.5 Å². The Bertz CT molecular complexity index is 707. The number of rotatable bonds is 4. The van der Waals surface area contributed by atoms with E-state index in [-0.39, 0.29) is 11.9 Å². The fourth-order valence-electron chi connectivity index (χ4n) is 2.73. The van der Waals surface area contributed by atoms with Crippen LogP contribution in [0.4, 0.5) is 5.00 Å². The normalized spacial score (nSPS) is 18.0. The molecular weight excluding hydrogens is 318 g/mol. The maximum absolute atomic E-state index is 12.3. The molecular formula is C15H17N3O2S2. The van der Waals surface area contributed by atoms with Gasteiger partial charge >= 0.3 is 0 Å². The molecule has 0 aromatic carbocycles. The highest BCUT2D eigenvalue weighted by molar-refractivity contribution is 7.14. The van der Waals surface area contributed by atoms with E-state index in [4.69, 9.17) is 5.73 Å². The summed E-state index contributed by atoms with van der Waals surface area (Å²) in [5.74, 6) is -0.638. The van der Waals surface area contributed by atoms with Crippen LogP contribution in [-0.4, -0.2) is 29.8 Å².